The average Bonchev–Trinajstić information content (AvgIpc) is 2.92. The molecule has 3 heteroatoms. The first-order valence-electron chi connectivity index (χ1n) is 7.34. The van der Waals surface area contributed by atoms with E-state index >= 15 is 0 Å². The zero-order chi connectivity index (χ0) is 13.8. The lowest BCUT2D eigenvalue weighted by Crippen LogP contribution is -2.17. The van der Waals surface area contributed by atoms with Crippen LogP contribution in [-0.4, -0.2) is 11.5 Å². The Morgan fingerprint density at radius 2 is 1.90 bits per heavy atom. The molecule has 1 aliphatic heterocycles. The van der Waals surface area contributed by atoms with Gasteiger partial charge in [0.15, 0.2) is 0 Å². The van der Waals surface area contributed by atoms with Gasteiger partial charge in [-0.3, -0.25) is 0 Å². The summed E-state index contributed by atoms with van der Waals surface area (Å²) in [6.45, 7) is 6.10. The standard InChI is InChI=1S/C17H21N3/c1-2-8-18-11-14-7-9-19-17(10-14)20-12-15-5-3-4-6-16(15)13-20/h3-7,9-10,18H,2,8,11-13H2,1H3. The van der Waals surface area contributed by atoms with Gasteiger partial charge < -0.3 is 10.2 Å². The fourth-order valence-corrected chi connectivity index (χ4v) is 2.65. The molecule has 1 aromatic heterocycles. The second-order valence-electron chi connectivity index (χ2n) is 5.32. The Bertz CT molecular complexity index is 555. The molecule has 1 aromatic carbocycles. The van der Waals surface area contributed by atoms with E-state index in [-0.39, 0.29) is 0 Å². The number of pyridine rings is 1. The van der Waals surface area contributed by atoms with Gasteiger partial charge in [-0.1, -0.05) is 31.2 Å². The Morgan fingerprint density at radius 1 is 1.15 bits per heavy atom. The molecule has 0 fully saturated rings. The Balaban J connectivity index is 1.71. The fourth-order valence-electron chi connectivity index (χ4n) is 2.65. The summed E-state index contributed by atoms with van der Waals surface area (Å²) in [7, 11) is 0. The van der Waals surface area contributed by atoms with Crippen LogP contribution in [0.1, 0.15) is 30.0 Å². The van der Waals surface area contributed by atoms with Crippen molar-refractivity contribution in [3.8, 4) is 0 Å². The maximum atomic E-state index is 4.53. The highest BCUT2D eigenvalue weighted by molar-refractivity contribution is 5.48. The number of anilines is 1. The minimum absolute atomic E-state index is 0.921. The minimum Gasteiger partial charge on any atom is -0.348 e. The lowest BCUT2D eigenvalue weighted by atomic mass is 10.1. The van der Waals surface area contributed by atoms with Gasteiger partial charge in [-0.05, 0) is 41.8 Å². The molecule has 3 nitrogen and oxygen atoms in total. The van der Waals surface area contributed by atoms with E-state index in [1.54, 1.807) is 0 Å². The molecule has 2 heterocycles. The van der Waals surface area contributed by atoms with Gasteiger partial charge in [-0.25, -0.2) is 4.98 Å². The smallest absolute Gasteiger partial charge is 0.129 e. The van der Waals surface area contributed by atoms with E-state index in [1.807, 2.05) is 6.20 Å². The predicted molar refractivity (Wildman–Crippen MR) is 82.6 cm³/mol. The third-order valence-electron chi connectivity index (χ3n) is 3.73. The van der Waals surface area contributed by atoms with E-state index in [2.05, 4.69) is 58.5 Å². The molecular formula is C17H21N3. The molecule has 1 N–H and O–H groups in total. The summed E-state index contributed by atoms with van der Waals surface area (Å²) in [5.74, 6) is 1.08. The van der Waals surface area contributed by atoms with Crippen molar-refractivity contribution in [2.45, 2.75) is 33.0 Å². The topological polar surface area (TPSA) is 28.2 Å². The molecule has 0 amide bonds. The second kappa shape index (κ2) is 6.06. The number of hydrogen-bond donors (Lipinski definition) is 1. The summed E-state index contributed by atoms with van der Waals surface area (Å²) < 4.78 is 0. The van der Waals surface area contributed by atoms with Crippen molar-refractivity contribution in [2.75, 3.05) is 11.4 Å². The van der Waals surface area contributed by atoms with Gasteiger partial charge in [0.1, 0.15) is 5.82 Å². The number of nitrogens with zero attached hydrogens (tertiary/aromatic N) is 2. The number of nitrogens with one attached hydrogen (secondary N) is 1. The van der Waals surface area contributed by atoms with Crippen LogP contribution in [0, 0.1) is 0 Å². The monoisotopic (exact) mass is 267 g/mol. The van der Waals surface area contributed by atoms with Crippen LogP contribution in [0.5, 0.6) is 0 Å². The van der Waals surface area contributed by atoms with Crippen LogP contribution in [0.3, 0.4) is 0 Å². The van der Waals surface area contributed by atoms with Gasteiger partial charge in [0, 0.05) is 25.8 Å². The van der Waals surface area contributed by atoms with Crippen molar-refractivity contribution in [2.24, 2.45) is 0 Å². The van der Waals surface area contributed by atoms with Crippen LogP contribution >= 0.6 is 0 Å². The zero-order valence-electron chi connectivity index (χ0n) is 12.0. The summed E-state index contributed by atoms with van der Waals surface area (Å²) in [6.07, 6.45) is 3.08. The van der Waals surface area contributed by atoms with E-state index < -0.39 is 0 Å². The molecule has 0 saturated carbocycles. The first kappa shape index (κ1) is 13.1. The van der Waals surface area contributed by atoms with Crippen molar-refractivity contribution in [3.05, 3.63) is 59.3 Å². The van der Waals surface area contributed by atoms with Crippen LogP contribution in [0.4, 0.5) is 5.82 Å². The van der Waals surface area contributed by atoms with Crippen molar-refractivity contribution in [3.63, 3.8) is 0 Å². The summed E-state index contributed by atoms with van der Waals surface area (Å²) >= 11 is 0. The van der Waals surface area contributed by atoms with E-state index in [1.165, 1.54) is 23.1 Å². The molecule has 20 heavy (non-hydrogen) atoms. The van der Waals surface area contributed by atoms with E-state index in [0.717, 1.165) is 32.0 Å². The first-order valence-corrected chi connectivity index (χ1v) is 7.34. The minimum atomic E-state index is 0.921. The zero-order valence-corrected chi connectivity index (χ0v) is 12.0. The molecule has 0 saturated heterocycles. The quantitative estimate of drug-likeness (QED) is 0.844. The number of hydrogen-bond acceptors (Lipinski definition) is 3. The molecular weight excluding hydrogens is 246 g/mol. The molecule has 3 rings (SSSR count). The number of aromatic nitrogens is 1. The SMILES string of the molecule is CCCNCc1ccnc(N2Cc3ccccc3C2)c1. The van der Waals surface area contributed by atoms with E-state index in [4.69, 9.17) is 0 Å². The Labute approximate surface area is 120 Å². The van der Waals surface area contributed by atoms with Crippen molar-refractivity contribution < 1.29 is 0 Å². The van der Waals surface area contributed by atoms with Crippen LogP contribution in [-0.2, 0) is 19.6 Å². The van der Waals surface area contributed by atoms with E-state index in [0.29, 0.717) is 0 Å². The summed E-state index contributed by atoms with van der Waals surface area (Å²) in [6, 6.07) is 12.9. The number of benzene rings is 1. The van der Waals surface area contributed by atoms with Crippen molar-refractivity contribution in [1.29, 1.82) is 0 Å². The molecule has 0 radical (unpaired) electrons. The second-order valence-corrected chi connectivity index (χ2v) is 5.32. The van der Waals surface area contributed by atoms with Gasteiger partial charge in [-0.2, -0.15) is 0 Å². The highest BCUT2D eigenvalue weighted by atomic mass is 15.2. The predicted octanol–water partition coefficient (Wildman–Crippen LogP) is 3.10. The molecule has 104 valence electrons. The van der Waals surface area contributed by atoms with Crippen LogP contribution in [0.2, 0.25) is 0 Å². The van der Waals surface area contributed by atoms with Gasteiger partial charge >= 0.3 is 0 Å². The number of fused-ring (bicyclic) bond motifs is 1. The molecule has 0 aliphatic carbocycles. The summed E-state index contributed by atoms with van der Waals surface area (Å²) in [5.41, 5.74) is 4.15. The molecule has 0 atom stereocenters. The molecule has 0 bridgehead atoms. The third kappa shape index (κ3) is 2.83. The highest BCUT2D eigenvalue weighted by Crippen LogP contribution is 2.26. The molecule has 1 aliphatic rings. The van der Waals surface area contributed by atoms with Gasteiger partial charge in [0.25, 0.3) is 0 Å². The largest absolute Gasteiger partial charge is 0.348 e. The highest BCUT2D eigenvalue weighted by Gasteiger charge is 2.19. The molecule has 0 spiro atoms. The van der Waals surface area contributed by atoms with Gasteiger partial charge in [0.05, 0.1) is 0 Å². The molecule has 0 unspecified atom stereocenters. The summed E-state index contributed by atoms with van der Waals surface area (Å²) in [5, 5.41) is 3.44. The van der Waals surface area contributed by atoms with Crippen LogP contribution in [0.25, 0.3) is 0 Å². The average molecular weight is 267 g/mol. The maximum absolute atomic E-state index is 4.53. The Kier molecular flexibility index (Phi) is 3.97. The van der Waals surface area contributed by atoms with Gasteiger partial charge in [0.2, 0.25) is 0 Å². The van der Waals surface area contributed by atoms with Gasteiger partial charge in [-0.15, -0.1) is 0 Å². The normalized spacial score (nSPS) is 13.6. The van der Waals surface area contributed by atoms with Crippen LogP contribution < -0.4 is 10.2 Å². The third-order valence-corrected chi connectivity index (χ3v) is 3.73. The van der Waals surface area contributed by atoms with Crippen LogP contribution in [0.15, 0.2) is 42.6 Å². The number of rotatable bonds is 5. The Hall–Kier alpha value is -1.87. The Morgan fingerprint density at radius 3 is 2.60 bits per heavy atom. The lowest BCUT2D eigenvalue weighted by Gasteiger charge is -2.17. The first-order chi connectivity index (χ1) is 9.86. The summed E-state index contributed by atoms with van der Waals surface area (Å²) in [4.78, 5) is 6.87. The van der Waals surface area contributed by atoms with Crippen molar-refractivity contribution >= 4 is 5.82 Å². The van der Waals surface area contributed by atoms with Crippen molar-refractivity contribution in [1.82, 2.24) is 10.3 Å². The maximum Gasteiger partial charge on any atom is 0.129 e. The van der Waals surface area contributed by atoms with E-state index in [9.17, 15) is 0 Å². The lowest BCUT2D eigenvalue weighted by molar-refractivity contribution is 0.674. The fraction of sp³-hybridized carbons (Fsp3) is 0.353. The molecule has 2 aromatic rings.